The highest BCUT2D eigenvalue weighted by Gasteiger charge is 2.57. The highest BCUT2D eigenvalue weighted by atomic mass is 16.8. The summed E-state index contributed by atoms with van der Waals surface area (Å²) in [6.07, 6.45) is -9.96. The number of fused-ring (bicyclic) bond motifs is 1. The van der Waals surface area contributed by atoms with Crippen molar-refractivity contribution in [2.45, 2.75) is 56.1 Å². The van der Waals surface area contributed by atoms with Gasteiger partial charge in [0.15, 0.2) is 6.29 Å². The van der Waals surface area contributed by atoms with Crippen molar-refractivity contribution in [3.8, 4) is 0 Å². The Kier molecular flexibility index (Phi) is 6.27. The average molecular weight is 406 g/mol. The number of aliphatic hydroxyl groups excluding tert-OH is 6. The molecule has 2 aliphatic heterocycles. The fourth-order valence-corrected chi connectivity index (χ4v) is 4.16. The lowest BCUT2D eigenvalue weighted by atomic mass is 9.82. The van der Waals surface area contributed by atoms with Gasteiger partial charge in [0, 0.05) is 11.8 Å². The molecular formula is C17H26O11. The molecule has 6 N–H and O–H groups in total. The van der Waals surface area contributed by atoms with E-state index in [0.717, 1.165) is 6.26 Å². The van der Waals surface area contributed by atoms with Gasteiger partial charge in [-0.15, -0.1) is 0 Å². The smallest absolute Gasteiger partial charge is 0.337 e. The van der Waals surface area contributed by atoms with E-state index in [2.05, 4.69) is 0 Å². The minimum absolute atomic E-state index is 0.0389. The van der Waals surface area contributed by atoms with E-state index in [1.54, 1.807) is 6.92 Å². The molecule has 0 aromatic carbocycles. The molecule has 160 valence electrons. The summed E-state index contributed by atoms with van der Waals surface area (Å²) in [7, 11) is 1.18. The van der Waals surface area contributed by atoms with Crippen LogP contribution in [0.5, 0.6) is 0 Å². The summed E-state index contributed by atoms with van der Waals surface area (Å²) < 4.78 is 21.1. The van der Waals surface area contributed by atoms with Crippen molar-refractivity contribution in [3.63, 3.8) is 0 Å². The molecule has 1 saturated heterocycles. The first-order valence-corrected chi connectivity index (χ1v) is 8.98. The monoisotopic (exact) mass is 406 g/mol. The second-order valence-corrected chi connectivity index (χ2v) is 7.35. The maximum Gasteiger partial charge on any atom is 0.337 e. The van der Waals surface area contributed by atoms with Crippen molar-refractivity contribution in [2.75, 3.05) is 13.7 Å². The van der Waals surface area contributed by atoms with E-state index in [1.807, 2.05) is 0 Å². The molecule has 0 aromatic heterocycles. The van der Waals surface area contributed by atoms with Gasteiger partial charge in [-0.1, -0.05) is 6.92 Å². The van der Waals surface area contributed by atoms with Crippen LogP contribution in [-0.4, -0.2) is 99.5 Å². The third kappa shape index (κ3) is 3.42. The standard InChI is InChI=1S/C17H26O11/c1-5-8-9(12(21)10(5)19)6(15(24)25-2)4-26-16(8)28-17-14(23)13(22)11(20)7(3-18)27-17/h4-5,7-14,16-23H,3H2,1-2H3/t5-,7+,8-,9+,10-,11+,12+,13-,14+,16+,17+/m1/s1. The zero-order chi connectivity index (χ0) is 20.7. The first kappa shape index (κ1) is 21.4. The molecule has 2 fully saturated rings. The van der Waals surface area contributed by atoms with Crippen molar-refractivity contribution < 1.29 is 54.4 Å². The second kappa shape index (κ2) is 8.20. The van der Waals surface area contributed by atoms with E-state index >= 15 is 0 Å². The average Bonchev–Trinajstić information content (AvgIpc) is 2.92. The summed E-state index contributed by atoms with van der Waals surface area (Å²) >= 11 is 0. The van der Waals surface area contributed by atoms with Crippen LogP contribution in [0.2, 0.25) is 0 Å². The molecule has 11 nitrogen and oxygen atoms in total. The molecule has 3 aliphatic rings. The number of carbonyl (C=O) groups excluding carboxylic acids is 1. The van der Waals surface area contributed by atoms with Gasteiger partial charge in [-0.25, -0.2) is 4.79 Å². The Bertz CT molecular complexity index is 608. The Morgan fingerprint density at radius 3 is 2.32 bits per heavy atom. The van der Waals surface area contributed by atoms with Crippen molar-refractivity contribution in [3.05, 3.63) is 11.8 Å². The molecule has 3 rings (SSSR count). The molecule has 2 heterocycles. The minimum atomic E-state index is -1.64. The SMILES string of the molecule is COC(=O)C1=CO[C@@H](O[C@@H]2O[C@@H](CO)[C@H](O)[C@@H](O)[C@@H]2O)[C@@H]2[C@@H](C)[C@@H](O)[C@@H](O)[C@@H]12. The summed E-state index contributed by atoms with van der Waals surface area (Å²) in [4.78, 5) is 12.0. The van der Waals surface area contributed by atoms with E-state index in [4.69, 9.17) is 18.9 Å². The maximum atomic E-state index is 12.0. The van der Waals surface area contributed by atoms with Gasteiger partial charge in [0.25, 0.3) is 0 Å². The Hall–Kier alpha value is -1.31. The van der Waals surface area contributed by atoms with Gasteiger partial charge in [0.1, 0.15) is 24.4 Å². The first-order valence-electron chi connectivity index (χ1n) is 8.98. The van der Waals surface area contributed by atoms with Gasteiger partial charge < -0.3 is 49.6 Å². The fourth-order valence-electron chi connectivity index (χ4n) is 4.16. The lowest BCUT2D eigenvalue weighted by molar-refractivity contribution is -0.343. The fraction of sp³-hybridized carbons (Fsp3) is 0.824. The first-order chi connectivity index (χ1) is 13.2. The van der Waals surface area contributed by atoms with Crippen LogP contribution < -0.4 is 0 Å². The number of aliphatic hydroxyl groups is 6. The van der Waals surface area contributed by atoms with E-state index < -0.39 is 79.5 Å². The van der Waals surface area contributed by atoms with Crippen molar-refractivity contribution in [1.29, 1.82) is 0 Å². The minimum Gasteiger partial charge on any atom is -0.472 e. The quantitative estimate of drug-likeness (QED) is 0.260. The Morgan fingerprint density at radius 1 is 1.04 bits per heavy atom. The molecule has 0 amide bonds. The van der Waals surface area contributed by atoms with Crippen LogP contribution in [-0.2, 0) is 23.7 Å². The molecule has 11 atom stereocenters. The molecule has 0 radical (unpaired) electrons. The Balaban J connectivity index is 1.84. The molecule has 28 heavy (non-hydrogen) atoms. The lowest BCUT2D eigenvalue weighted by Crippen LogP contribution is -2.60. The van der Waals surface area contributed by atoms with Crippen LogP contribution in [0.4, 0.5) is 0 Å². The maximum absolute atomic E-state index is 12.0. The number of rotatable bonds is 4. The molecular weight excluding hydrogens is 380 g/mol. The van der Waals surface area contributed by atoms with E-state index in [1.165, 1.54) is 7.11 Å². The lowest BCUT2D eigenvalue weighted by Gasteiger charge is -2.43. The predicted octanol–water partition coefficient (Wildman–Crippen LogP) is -3.18. The summed E-state index contributed by atoms with van der Waals surface area (Å²) in [6.45, 7) is 1.02. The van der Waals surface area contributed by atoms with Gasteiger partial charge in [-0.05, 0) is 5.92 Å². The Labute approximate surface area is 160 Å². The third-order valence-corrected chi connectivity index (χ3v) is 5.82. The van der Waals surface area contributed by atoms with Gasteiger partial charge in [-0.3, -0.25) is 0 Å². The zero-order valence-corrected chi connectivity index (χ0v) is 15.4. The number of ether oxygens (including phenoxy) is 4. The third-order valence-electron chi connectivity index (χ3n) is 5.82. The van der Waals surface area contributed by atoms with Crippen LogP contribution in [0.15, 0.2) is 11.8 Å². The number of hydrogen-bond acceptors (Lipinski definition) is 11. The van der Waals surface area contributed by atoms with Crippen molar-refractivity contribution >= 4 is 5.97 Å². The number of esters is 1. The molecule has 0 bridgehead atoms. The van der Waals surface area contributed by atoms with Crippen LogP contribution >= 0.6 is 0 Å². The second-order valence-electron chi connectivity index (χ2n) is 7.35. The van der Waals surface area contributed by atoms with Gasteiger partial charge in [-0.2, -0.15) is 0 Å². The summed E-state index contributed by atoms with van der Waals surface area (Å²) in [5.74, 6) is -2.82. The molecule has 1 aliphatic carbocycles. The van der Waals surface area contributed by atoms with Crippen LogP contribution in [0.1, 0.15) is 6.92 Å². The largest absolute Gasteiger partial charge is 0.472 e. The Morgan fingerprint density at radius 2 is 1.71 bits per heavy atom. The van der Waals surface area contributed by atoms with Crippen molar-refractivity contribution in [1.82, 2.24) is 0 Å². The normalized spacial score (nSPS) is 48.4. The molecule has 0 spiro atoms. The van der Waals surface area contributed by atoms with Crippen LogP contribution in [0.3, 0.4) is 0 Å². The predicted molar refractivity (Wildman–Crippen MR) is 88.0 cm³/mol. The van der Waals surface area contributed by atoms with Gasteiger partial charge >= 0.3 is 5.97 Å². The number of carbonyl (C=O) groups is 1. The van der Waals surface area contributed by atoms with E-state index in [9.17, 15) is 35.4 Å². The zero-order valence-electron chi connectivity index (χ0n) is 15.4. The summed E-state index contributed by atoms with van der Waals surface area (Å²) in [6, 6.07) is 0. The highest BCUT2D eigenvalue weighted by molar-refractivity contribution is 5.89. The van der Waals surface area contributed by atoms with Crippen LogP contribution in [0.25, 0.3) is 0 Å². The summed E-state index contributed by atoms with van der Waals surface area (Å²) in [5.41, 5.74) is 0.0389. The molecule has 0 aromatic rings. The van der Waals surface area contributed by atoms with E-state index in [0.29, 0.717) is 0 Å². The van der Waals surface area contributed by atoms with Crippen LogP contribution in [0, 0.1) is 17.8 Å². The van der Waals surface area contributed by atoms with E-state index in [-0.39, 0.29) is 5.57 Å². The molecule has 0 unspecified atom stereocenters. The topological polar surface area (TPSA) is 175 Å². The molecule has 11 heteroatoms. The van der Waals surface area contributed by atoms with Crippen molar-refractivity contribution in [2.24, 2.45) is 17.8 Å². The number of hydrogen-bond donors (Lipinski definition) is 6. The number of methoxy groups -OCH3 is 1. The van der Waals surface area contributed by atoms with Gasteiger partial charge in [0.2, 0.25) is 6.29 Å². The summed E-state index contributed by atoms with van der Waals surface area (Å²) in [5, 5.41) is 59.9. The van der Waals surface area contributed by atoms with Gasteiger partial charge in [0.05, 0.1) is 37.8 Å². The highest BCUT2D eigenvalue weighted by Crippen LogP contribution is 2.47. The molecule has 1 saturated carbocycles.